The molecule has 0 radical (unpaired) electrons. The topological polar surface area (TPSA) is 52.0 Å². The Balaban J connectivity index is 0. The summed E-state index contributed by atoms with van der Waals surface area (Å²) in [5.74, 6) is 0. The van der Waals surface area contributed by atoms with E-state index in [2.05, 4.69) is 11.0 Å². The molecule has 3 heteroatoms. The average Bonchev–Trinajstić information content (AvgIpc) is 1.69. The van der Waals surface area contributed by atoms with E-state index in [4.69, 9.17) is 11.5 Å². The SMILES string of the molecule is NCCN.[Li][C]#C. The Bertz CT molecular complexity index is 46.1. The van der Waals surface area contributed by atoms with Crippen LogP contribution in [0.4, 0.5) is 0 Å². The molecule has 0 aliphatic rings. The number of terminal acetylenes is 1. The number of nitrogens with two attached hydrogens (primary N) is 2. The first-order chi connectivity index (χ1) is 3.33. The molecule has 4 N–H and O–H groups in total. The molecule has 0 aromatic rings. The maximum atomic E-state index is 4.90. The van der Waals surface area contributed by atoms with E-state index in [-0.39, 0.29) is 0 Å². The molecule has 0 saturated heterocycles. The molecule has 0 aliphatic carbocycles. The van der Waals surface area contributed by atoms with E-state index in [0.717, 1.165) is 0 Å². The Morgan fingerprint density at radius 3 is 1.57 bits per heavy atom. The van der Waals surface area contributed by atoms with Crippen molar-refractivity contribution in [1.82, 2.24) is 0 Å². The Morgan fingerprint density at radius 2 is 1.57 bits per heavy atom. The third-order valence-corrected chi connectivity index (χ3v) is 0.167. The van der Waals surface area contributed by atoms with Crippen LogP contribution in [0.25, 0.3) is 0 Å². The molecule has 2 nitrogen and oxygen atoms in total. The van der Waals surface area contributed by atoms with Crippen LogP contribution in [-0.2, 0) is 0 Å². The van der Waals surface area contributed by atoms with Crippen LogP contribution in [0, 0.1) is 11.0 Å². The maximum absolute atomic E-state index is 4.90. The van der Waals surface area contributed by atoms with Crippen molar-refractivity contribution in [3.63, 3.8) is 0 Å². The zero-order valence-corrected chi connectivity index (χ0v) is 4.65. The molecule has 36 valence electrons. The van der Waals surface area contributed by atoms with Crippen LogP contribution in [0.3, 0.4) is 0 Å². The normalized spacial score (nSPS) is 5.57. The number of rotatable bonds is 1. The van der Waals surface area contributed by atoms with Crippen molar-refractivity contribution in [3.8, 4) is 11.0 Å². The molecule has 0 aliphatic heterocycles. The first kappa shape index (κ1) is 10.1. The van der Waals surface area contributed by atoms with Crippen LogP contribution < -0.4 is 11.5 Å². The first-order valence-electron chi connectivity index (χ1n) is 2.11. The molecular weight excluding hydrogens is 83.0 g/mol. The van der Waals surface area contributed by atoms with Gasteiger partial charge in [0.1, 0.15) is 0 Å². The molecule has 0 heterocycles. The van der Waals surface area contributed by atoms with Gasteiger partial charge in [0.25, 0.3) is 0 Å². The molecule has 0 amide bonds. The van der Waals surface area contributed by atoms with E-state index in [1.165, 1.54) is 0 Å². The van der Waals surface area contributed by atoms with Crippen LogP contribution in [-0.4, -0.2) is 30.8 Å². The van der Waals surface area contributed by atoms with Crippen molar-refractivity contribution in [3.05, 3.63) is 0 Å². The molecule has 0 spiro atoms. The predicted molar refractivity (Wildman–Crippen MR) is 32.7 cm³/mol. The van der Waals surface area contributed by atoms with E-state index < -0.39 is 0 Å². The van der Waals surface area contributed by atoms with Gasteiger partial charge < -0.3 is 11.5 Å². The fraction of sp³-hybridized carbons (Fsp3) is 0.500. The summed E-state index contributed by atoms with van der Waals surface area (Å²) in [6.07, 6.45) is 4.60. The molecule has 0 bridgehead atoms. The van der Waals surface area contributed by atoms with Crippen LogP contribution in [0.2, 0.25) is 0 Å². The third kappa shape index (κ3) is 87.0. The average molecular weight is 92.1 g/mol. The summed E-state index contributed by atoms with van der Waals surface area (Å²) >= 11 is 1.65. The molecule has 0 aromatic carbocycles. The fourth-order valence-electron chi connectivity index (χ4n) is 0. The Hall–Kier alpha value is 0.0774. The third-order valence-electron chi connectivity index (χ3n) is 0.167. The summed E-state index contributed by atoms with van der Waals surface area (Å²) < 4.78 is 2.25. The Morgan fingerprint density at radius 1 is 1.43 bits per heavy atom. The van der Waals surface area contributed by atoms with Gasteiger partial charge in [0.05, 0.1) is 0 Å². The second-order valence-corrected chi connectivity index (χ2v) is 0.866. The fourth-order valence-corrected chi connectivity index (χ4v) is 0. The molecular formula is C4H9LiN2. The second-order valence-electron chi connectivity index (χ2n) is 0.866. The quantitative estimate of drug-likeness (QED) is 0.310. The molecule has 0 atom stereocenters. The second kappa shape index (κ2) is 16.5. The summed E-state index contributed by atoms with van der Waals surface area (Å²) in [7, 11) is 0. The van der Waals surface area contributed by atoms with Crippen molar-refractivity contribution in [2.75, 3.05) is 13.1 Å². The molecule has 0 saturated carbocycles. The van der Waals surface area contributed by atoms with Gasteiger partial charge in [-0.25, -0.2) is 0 Å². The van der Waals surface area contributed by atoms with Gasteiger partial charge in [-0.15, -0.1) is 0 Å². The standard InChI is InChI=1S/C2H8N2.C2H.Li/c3-1-2-4;1-2;/h1-4H2;1H;. The summed E-state index contributed by atoms with van der Waals surface area (Å²) in [5, 5.41) is 0. The van der Waals surface area contributed by atoms with Gasteiger partial charge in [-0.2, -0.15) is 0 Å². The van der Waals surface area contributed by atoms with Gasteiger partial charge in [-0.05, 0) is 0 Å². The van der Waals surface area contributed by atoms with Crippen molar-refractivity contribution in [2.45, 2.75) is 0 Å². The van der Waals surface area contributed by atoms with Crippen LogP contribution in [0.5, 0.6) is 0 Å². The Labute approximate surface area is 53.8 Å². The van der Waals surface area contributed by atoms with Crippen molar-refractivity contribution in [2.24, 2.45) is 11.5 Å². The zero-order chi connectivity index (χ0) is 6.12. The predicted octanol–water partition coefficient (Wildman–Crippen LogP) is -1.35. The van der Waals surface area contributed by atoms with E-state index in [0.29, 0.717) is 13.1 Å². The molecule has 7 heavy (non-hydrogen) atoms. The van der Waals surface area contributed by atoms with E-state index in [9.17, 15) is 0 Å². The van der Waals surface area contributed by atoms with Gasteiger partial charge in [0.2, 0.25) is 0 Å². The van der Waals surface area contributed by atoms with Gasteiger partial charge in [0, 0.05) is 13.1 Å². The minimum absolute atomic E-state index is 0.597. The van der Waals surface area contributed by atoms with Crippen molar-refractivity contribution < 1.29 is 0 Å². The number of hydrogen-bond acceptors (Lipinski definition) is 2. The number of hydrogen-bond donors (Lipinski definition) is 2. The van der Waals surface area contributed by atoms with E-state index in [1.807, 2.05) is 0 Å². The van der Waals surface area contributed by atoms with E-state index >= 15 is 0 Å². The van der Waals surface area contributed by atoms with Crippen LogP contribution in [0.1, 0.15) is 0 Å². The monoisotopic (exact) mass is 92.1 g/mol. The van der Waals surface area contributed by atoms with Gasteiger partial charge in [-0.3, -0.25) is 0 Å². The molecule has 0 aromatic heterocycles. The summed E-state index contributed by atoms with van der Waals surface area (Å²) in [6.45, 7) is 1.19. The molecule has 0 fully saturated rings. The minimum atomic E-state index is 0.597. The van der Waals surface area contributed by atoms with Gasteiger partial charge >= 0.3 is 28.7 Å². The summed E-state index contributed by atoms with van der Waals surface area (Å²) in [6, 6.07) is 0. The van der Waals surface area contributed by atoms with Gasteiger partial charge in [-0.1, -0.05) is 0 Å². The Kier molecular flexibility index (Phi) is 24.0. The zero-order valence-electron chi connectivity index (χ0n) is 4.65. The van der Waals surface area contributed by atoms with Crippen LogP contribution in [0.15, 0.2) is 0 Å². The van der Waals surface area contributed by atoms with E-state index in [1.54, 1.807) is 17.7 Å². The molecule has 0 rings (SSSR count). The van der Waals surface area contributed by atoms with Crippen molar-refractivity contribution >= 4 is 17.7 Å². The van der Waals surface area contributed by atoms with Crippen LogP contribution >= 0.6 is 0 Å². The van der Waals surface area contributed by atoms with Gasteiger partial charge in [0.15, 0.2) is 0 Å². The van der Waals surface area contributed by atoms with Crippen molar-refractivity contribution in [1.29, 1.82) is 0 Å². The summed E-state index contributed by atoms with van der Waals surface area (Å²) in [4.78, 5) is 0. The molecule has 0 unspecified atom stereocenters. The summed E-state index contributed by atoms with van der Waals surface area (Å²) in [5.41, 5.74) is 9.81. The first-order valence-corrected chi connectivity index (χ1v) is 2.11.